The predicted molar refractivity (Wildman–Crippen MR) is 158 cm³/mol. The number of rotatable bonds is 6. The standard InChI is InChI=1S/C30H45BO3Si2/c1-28(2,3)35(8,9)32-23-26(31-33-29(4,5)30(6,7)34-31)27-21-16-22-36(27,24-17-12-10-13-18-24)25-19-14-11-15-20-25/h10-15,17-20H,16,21-23H2,1-9H3/b27-26+. The van der Waals surface area contributed by atoms with Crippen LogP contribution in [0.4, 0.5) is 0 Å². The molecule has 2 aromatic rings. The van der Waals surface area contributed by atoms with Gasteiger partial charge in [0.1, 0.15) is 8.07 Å². The summed E-state index contributed by atoms with van der Waals surface area (Å²) in [5.41, 5.74) is 0.473. The molecule has 4 rings (SSSR count). The van der Waals surface area contributed by atoms with Crippen molar-refractivity contribution in [1.82, 2.24) is 0 Å². The van der Waals surface area contributed by atoms with E-state index in [-0.39, 0.29) is 23.4 Å². The lowest BCUT2D eigenvalue weighted by Gasteiger charge is -2.38. The Morgan fingerprint density at radius 1 is 0.889 bits per heavy atom. The molecule has 0 bridgehead atoms. The third-order valence-electron chi connectivity index (χ3n) is 9.35. The van der Waals surface area contributed by atoms with Gasteiger partial charge in [0, 0.05) is 0 Å². The molecule has 0 unspecified atom stereocenters. The van der Waals surface area contributed by atoms with Crippen LogP contribution in [-0.4, -0.2) is 41.3 Å². The van der Waals surface area contributed by atoms with E-state index in [0.717, 1.165) is 6.42 Å². The molecule has 0 aromatic heterocycles. The van der Waals surface area contributed by atoms with Crippen molar-refractivity contribution in [1.29, 1.82) is 0 Å². The fourth-order valence-corrected chi connectivity index (χ4v) is 11.8. The molecule has 2 aliphatic rings. The molecular weight excluding hydrogens is 475 g/mol. The van der Waals surface area contributed by atoms with E-state index in [1.807, 2.05) is 0 Å². The minimum absolute atomic E-state index is 0.141. The van der Waals surface area contributed by atoms with E-state index in [4.69, 9.17) is 13.7 Å². The summed E-state index contributed by atoms with van der Waals surface area (Å²) in [6.45, 7) is 20.8. The van der Waals surface area contributed by atoms with Crippen molar-refractivity contribution >= 4 is 33.9 Å². The van der Waals surface area contributed by atoms with E-state index < -0.39 is 16.4 Å². The van der Waals surface area contributed by atoms with E-state index in [2.05, 4.69) is 122 Å². The molecule has 0 N–H and O–H groups in total. The molecule has 0 aliphatic carbocycles. The highest BCUT2D eigenvalue weighted by atomic mass is 28.4. The zero-order valence-corrected chi connectivity index (χ0v) is 25.9. The van der Waals surface area contributed by atoms with Crippen molar-refractivity contribution in [3.8, 4) is 0 Å². The molecular formula is C30H45BO3Si2. The van der Waals surface area contributed by atoms with Gasteiger partial charge >= 0.3 is 7.12 Å². The van der Waals surface area contributed by atoms with Gasteiger partial charge < -0.3 is 13.7 Å². The van der Waals surface area contributed by atoms with Crippen LogP contribution >= 0.6 is 0 Å². The van der Waals surface area contributed by atoms with Crippen molar-refractivity contribution < 1.29 is 13.7 Å². The topological polar surface area (TPSA) is 27.7 Å². The quantitative estimate of drug-likeness (QED) is 0.405. The molecule has 0 radical (unpaired) electrons. The number of benzene rings is 2. The summed E-state index contributed by atoms with van der Waals surface area (Å²) < 4.78 is 20.4. The summed E-state index contributed by atoms with van der Waals surface area (Å²) in [7, 11) is -4.58. The van der Waals surface area contributed by atoms with Gasteiger partial charge in [-0.1, -0.05) is 93.1 Å². The summed E-state index contributed by atoms with van der Waals surface area (Å²) in [4.78, 5) is 0. The molecule has 0 atom stereocenters. The molecule has 36 heavy (non-hydrogen) atoms. The largest absolute Gasteiger partial charge is 0.492 e. The highest BCUT2D eigenvalue weighted by Crippen LogP contribution is 2.44. The first-order chi connectivity index (χ1) is 16.7. The van der Waals surface area contributed by atoms with E-state index in [0.29, 0.717) is 6.61 Å². The lowest BCUT2D eigenvalue weighted by atomic mass is 9.77. The highest BCUT2D eigenvalue weighted by molar-refractivity contribution is 7.08. The molecule has 2 aliphatic heterocycles. The van der Waals surface area contributed by atoms with Crippen LogP contribution in [0.3, 0.4) is 0 Å². The SMILES string of the molecule is CC1(C)OB(/C(CO[Si](C)(C)C(C)(C)C)=C2\CCC[Si]2(c2ccccc2)c2ccccc2)OC1(C)C. The van der Waals surface area contributed by atoms with Crippen LogP contribution in [0.2, 0.25) is 24.2 Å². The van der Waals surface area contributed by atoms with E-state index in [9.17, 15) is 0 Å². The Morgan fingerprint density at radius 2 is 1.36 bits per heavy atom. The molecule has 2 aromatic carbocycles. The van der Waals surface area contributed by atoms with Gasteiger partial charge in [-0.05, 0) is 74.1 Å². The van der Waals surface area contributed by atoms with Crippen LogP contribution in [0, 0.1) is 0 Å². The van der Waals surface area contributed by atoms with Crippen molar-refractivity contribution in [2.45, 2.75) is 96.7 Å². The fourth-order valence-electron chi connectivity index (χ4n) is 5.34. The maximum absolute atomic E-state index is 6.93. The third-order valence-corrected chi connectivity index (χ3v) is 19.2. The van der Waals surface area contributed by atoms with Crippen molar-refractivity contribution in [2.24, 2.45) is 0 Å². The molecule has 0 spiro atoms. The number of hydrogen-bond acceptors (Lipinski definition) is 3. The maximum atomic E-state index is 6.93. The average molecular weight is 521 g/mol. The predicted octanol–water partition coefficient (Wildman–Crippen LogP) is 6.53. The second kappa shape index (κ2) is 9.70. The molecule has 6 heteroatoms. The average Bonchev–Trinajstić information content (AvgIpc) is 3.33. The van der Waals surface area contributed by atoms with Gasteiger partial charge in [-0.25, -0.2) is 0 Å². The lowest BCUT2D eigenvalue weighted by molar-refractivity contribution is 0.00578. The monoisotopic (exact) mass is 520 g/mol. The normalized spacial score (nSPS) is 22.6. The Balaban J connectivity index is 1.91. The van der Waals surface area contributed by atoms with Crippen molar-refractivity contribution in [2.75, 3.05) is 6.61 Å². The molecule has 2 heterocycles. The summed E-state index contributed by atoms with van der Waals surface area (Å²) in [6, 6.07) is 23.7. The van der Waals surface area contributed by atoms with Gasteiger partial charge in [-0.3, -0.25) is 0 Å². The van der Waals surface area contributed by atoms with Crippen LogP contribution < -0.4 is 10.4 Å². The Kier molecular flexibility index (Phi) is 7.43. The second-order valence-electron chi connectivity index (χ2n) is 13.1. The molecule has 2 fully saturated rings. The van der Waals surface area contributed by atoms with Gasteiger partial charge in [0.25, 0.3) is 0 Å². The van der Waals surface area contributed by atoms with Gasteiger partial charge in [0.15, 0.2) is 8.32 Å². The smallest absolute Gasteiger partial charge is 0.414 e. The minimum atomic E-state index is -2.22. The van der Waals surface area contributed by atoms with Gasteiger partial charge in [0.2, 0.25) is 0 Å². The third kappa shape index (κ3) is 4.87. The van der Waals surface area contributed by atoms with Crippen LogP contribution in [0.15, 0.2) is 71.3 Å². The molecule has 3 nitrogen and oxygen atoms in total. The summed E-state index contributed by atoms with van der Waals surface area (Å²) in [5.74, 6) is 0. The van der Waals surface area contributed by atoms with E-state index >= 15 is 0 Å². The fraction of sp³-hybridized carbons (Fsp3) is 0.533. The lowest BCUT2D eigenvalue weighted by Crippen LogP contribution is -2.59. The molecule has 0 saturated carbocycles. The molecule has 2 saturated heterocycles. The zero-order valence-electron chi connectivity index (χ0n) is 23.9. The summed E-state index contributed by atoms with van der Waals surface area (Å²) in [6.07, 6.45) is 2.27. The zero-order chi connectivity index (χ0) is 26.4. The van der Waals surface area contributed by atoms with Gasteiger partial charge in [-0.2, -0.15) is 0 Å². The number of hydrogen-bond donors (Lipinski definition) is 0. The van der Waals surface area contributed by atoms with Crippen molar-refractivity contribution in [3.05, 3.63) is 71.3 Å². The van der Waals surface area contributed by atoms with Gasteiger partial charge in [0.05, 0.1) is 17.8 Å². The minimum Gasteiger partial charge on any atom is -0.414 e. The summed E-state index contributed by atoms with van der Waals surface area (Å²) >= 11 is 0. The Morgan fingerprint density at radius 3 is 1.81 bits per heavy atom. The first-order valence-corrected chi connectivity index (χ1v) is 18.7. The van der Waals surface area contributed by atoms with E-state index in [1.165, 1.54) is 28.3 Å². The second-order valence-corrected chi connectivity index (χ2v) is 22.0. The van der Waals surface area contributed by atoms with Crippen molar-refractivity contribution in [3.63, 3.8) is 0 Å². The van der Waals surface area contributed by atoms with Crippen LogP contribution in [0.25, 0.3) is 0 Å². The first kappa shape index (κ1) is 27.6. The van der Waals surface area contributed by atoms with Crippen LogP contribution in [-0.2, 0) is 13.7 Å². The Bertz CT molecular complexity index is 1030. The van der Waals surface area contributed by atoms with E-state index in [1.54, 1.807) is 5.20 Å². The summed E-state index contributed by atoms with van der Waals surface area (Å²) in [5, 5.41) is 4.65. The maximum Gasteiger partial charge on any atom is 0.492 e. The molecule has 194 valence electrons. The highest BCUT2D eigenvalue weighted by Gasteiger charge is 2.55. The first-order valence-electron chi connectivity index (χ1n) is 13.5. The Labute approximate surface area is 221 Å². The van der Waals surface area contributed by atoms with Crippen LogP contribution in [0.5, 0.6) is 0 Å². The number of allylic oxidation sites excluding steroid dienone is 1. The Hall–Kier alpha value is -1.44. The van der Waals surface area contributed by atoms with Crippen LogP contribution in [0.1, 0.15) is 61.3 Å². The molecule has 0 amide bonds. The van der Waals surface area contributed by atoms with Gasteiger partial charge in [-0.15, -0.1) is 0 Å².